The van der Waals surface area contributed by atoms with E-state index in [4.69, 9.17) is 5.73 Å². The van der Waals surface area contributed by atoms with Crippen LogP contribution in [0.3, 0.4) is 0 Å². The lowest BCUT2D eigenvalue weighted by atomic mass is 9.88. The van der Waals surface area contributed by atoms with Gasteiger partial charge >= 0.3 is 0 Å². The highest BCUT2D eigenvalue weighted by Gasteiger charge is 2.17. The highest BCUT2D eigenvalue weighted by molar-refractivity contribution is 9.10. The van der Waals surface area contributed by atoms with Gasteiger partial charge in [-0.3, -0.25) is 0 Å². The molecule has 102 valence electrons. The van der Waals surface area contributed by atoms with Gasteiger partial charge in [-0.05, 0) is 46.3 Å². The van der Waals surface area contributed by atoms with E-state index in [1.54, 1.807) is 6.07 Å². The molecule has 0 saturated carbocycles. The fraction of sp³-hybridized carbons (Fsp3) is 0.600. The van der Waals surface area contributed by atoms with Crippen molar-refractivity contribution in [2.75, 3.05) is 0 Å². The number of nitrogens with two attached hydrogens (primary N) is 1. The van der Waals surface area contributed by atoms with Gasteiger partial charge in [0.15, 0.2) is 0 Å². The molecule has 1 rings (SSSR count). The monoisotopic (exact) mass is 315 g/mol. The number of rotatable bonds is 7. The van der Waals surface area contributed by atoms with Crippen LogP contribution in [0.15, 0.2) is 22.7 Å². The Kier molecular flexibility index (Phi) is 6.87. The second-order valence-corrected chi connectivity index (χ2v) is 5.68. The van der Waals surface area contributed by atoms with Crippen LogP contribution in [0.5, 0.6) is 0 Å². The van der Waals surface area contributed by atoms with E-state index in [0.717, 1.165) is 18.4 Å². The molecule has 3 heteroatoms. The third-order valence-corrected chi connectivity index (χ3v) is 4.43. The maximum Gasteiger partial charge on any atom is 0.137 e. The molecule has 1 aromatic carbocycles. The average Bonchev–Trinajstić information content (AvgIpc) is 2.36. The molecule has 0 aromatic heterocycles. The molecule has 2 N–H and O–H groups in total. The second kappa shape index (κ2) is 7.90. The fourth-order valence-electron chi connectivity index (χ4n) is 2.31. The van der Waals surface area contributed by atoms with E-state index in [-0.39, 0.29) is 11.9 Å². The van der Waals surface area contributed by atoms with Crippen LogP contribution in [0.4, 0.5) is 4.39 Å². The van der Waals surface area contributed by atoms with Crippen LogP contribution in [-0.4, -0.2) is 6.04 Å². The standard InChI is InChI=1S/C15H23BrFN/c1-3-5-7-11(4-2)14(18)10-12-8-6-9-13(17)15(12)16/h6,8-9,11,14H,3-5,7,10,18H2,1-2H3. The van der Waals surface area contributed by atoms with Crippen molar-refractivity contribution in [2.24, 2.45) is 11.7 Å². The minimum absolute atomic E-state index is 0.111. The molecule has 0 amide bonds. The summed E-state index contributed by atoms with van der Waals surface area (Å²) < 4.78 is 14.0. The van der Waals surface area contributed by atoms with Gasteiger partial charge < -0.3 is 5.73 Å². The zero-order chi connectivity index (χ0) is 13.5. The summed E-state index contributed by atoms with van der Waals surface area (Å²) in [6.45, 7) is 4.38. The number of unbranched alkanes of at least 4 members (excludes halogenated alkanes) is 1. The summed E-state index contributed by atoms with van der Waals surface area (Å²) in [4.78, 5) is 0. The Labute approximate surface area is 118 Å². The van der Waals surface area contributed by atoms with E-state index < -0.39 is 0 Å². The molecule has 0 heterocycles. The zero-order valence-electron chi connectivity index (χ0n) is 11.3. The van der Waals surface area contributed by atoms with Crippen LogP contribution in [0.25, 0.3) is 0 Å². The minimum atomic E-state index is -0.207. The highest BCUT2D eigenvalue weighted by atomic mass is 79.9. The van der Waals surface area contributed by atoms with Crippen molar-refractivity contribution in [1.82, 2.24) is 0 Å². The van der Waals surface area contributed by atoms with Crippen LogP contribution < -0.4 is 5.73 Å². The molecule has 0 radical (unpaired) electrons. The normalized spacial score (nSPS) is 14.5. The van der Waals surface area contributed by atoms with Gasteiger partial charge in [0.2, 0.25) is 0 Å². The molecule has 1 aromatic rings. The summed E-state index contributed by atoms with van der Waals surface area (Å²) in [7, 11) is 0. The summed E-state index contributed by atoms with van der Waals surface area (Å²) in [6.07, 6.45) is 5.42. The first kappa shape index (κ1) is 15.6. The van der Waals surface area contributed by atoms with Crippen LogP contribution >= 0.6 is 15.9 Å². The predicted octanol–water partition coefficient (Wildman–Crippen LogP) is 4.67. The number of hydrogen-bond acceptors (Lipinski definition) is 1. The van der Waals surface area contributed by atoms with Crippen molar-refractivity contribution in [3.63, 3.8) is 0 Å². The van der Waals surface area contributed by atoms with Crippen molar-refractivity contribution in [3.05, 3.63) is 34.1 Å². The van der Waals surface area contributed by atoms with E-state index >= 15 is 0 Å². The summed E-state index contributed by atoms with van der Waals surface area (Å²) in [5, 5.41) is 0. The number of halogens is 2. The zero-order valence-corrected chi connectivity index (χ0v) is 12.8. The Morgan fingerprint density at radius 3 is 2.67 bits per heavy atom. The molecule has 0 fully saturated rings. The molecule has 1 nitrogen and oxygen atoms in total. The smallest absolute Gasteiger partial charge is 0.137 e. The van der Waals surface area contributed by atoms with Crippen LogP contribution in [0, 0.1) is 11.7 Å². The number of hydrogen-bond donors (Lipinski definition) is 1. The van der Waals surface area contributed by atoms with Crippen LogP contribution in [0.1, 0.15) is 45.1 Å². The summed E-state index contributed by atoms with van der Waals surface area (Å²) >= 11 is 3.30. The Hall–Kier alpha value is -0.410. The molecule has 0 aliphatic heterocycles. The first-order valence-electron chi connectivity index (χ1n) is 6.78. The largest absolute Gasteiger partial charge is 0.327 e. The van der Waals surface area contributed by atoms with Crippen molar-refractivity contribution >= 4 is 15.9 Å². The average molecular weight is 316 g/mol. The number of benzene rings is 1. The lowest BCUT2D eigenvalue weighted by molar-refractivity contribution is 0.368. The van der Waals surface area contributed by atoms with Crippen LogP contribution in [-0.2, 0) is 6.42 Å². The van der Waals surface area contributed by atoms with Crippen molar-refractivity contribution in [3.8, 4) is 0 Å². The van der Waals surface area contributed by atoms with Crippen molar-refractivity contribution < 1.29 is 4.39 Å². The van der Waals surface area contributed by atoms with E-state index in [2.05, 4.69) is 29.8 Å². The van der Waals surface area contributed by atoms with Gasteiger partial charge in [-0.15, -0.1) is 0 Å². The second-order valence-electron chi connectivity index (χ2n) is 4.89. The van der Waals surface area contributed by atoms with E-state index in [9.17, 15) is 4.39 Å². The highest BCUT2D eigenvalue weighted by Crippen LogP contribution is 2.24. The summed E-state index contributed by atoms with van der Waals surface area (Å²) in [6, 6.07) is 5.27. The minimum Gasteiger partial charge on any atom is -0.327 e. The van der Waals surface area contributed by atoms with Crippen molar-refractivity contribution in [2.45, 2.75) is 52.0 Å². The topological polar surface area (TPSA) is 26.0 Å². The molecule has 0 aliphatic rings. The van der Waals surface area contributed by atoms with Crippen LogP contribution in [0.2, 0.25) is 0 Å². The fourth-order valence-corrected chi connectivity index (χ4v) is 2.74. The lowest BCUT2D eigenvalue weighted by Gasteiger charge is -2.23. The first-order valence-corrected chi connectivity index (χ1v) is 7.57. The predicted molar refractivity (Wildman–Crippen MR) is 79.1 cm³/mol. The summed E-state index contributed by atoms with van der Waals surface area (Å²) in [5.74, 6) is 0.321. The van der Waals surface area contributed by atoms with Gasteiger partial charge in [0.25, 0.3) is 0 Å². The Balaban J connectivity index is 2.67. The van der Waals surface area contributed by atoms with Gasteiger partial charge in [-0.2, -0.15) is 0 Å². The SMILES string of the molecule is CCCCC(CC)C(N)Cc1cccc(F)c1Br. The maximum atomic E-state index is 13.4. The molecule has 0 saturated heterocycles. The lowest BCUT2D eigenvalue weighted by Crippen LogP contribution is -2.32. The van der Waals surface area contributed by atoms with E-state index in [1.807, 2.05) is 6.07 Å². The molecule has 18 heavy (non-hydrogen) atoms. The molecular formula is C15H23BrFN. The van der Waals surface area contributed by atoms with Gasteiger partial charge in [-0.25, -0.2) is 4.39 Å². The third kappa shape index (κ3) is 4.36. The molecule has 0 spiro atoms. The van der Waals surface area contributed by atoms with Crippen molar-refractivity contribution in [1.29, 1.82) is 0 Å². The Morgan fingerprint density at radius 2 is 2.06 bits per heavy atom. The Morgan fingerprint density at radius 1 is 1.33 bits per heavy atom. The molecule has 0 aliphatic carbocycles. The first-order chi connectivity index (χ1) is 8.60. The molecule has 2 unspecified atom stereocenters. The molecule has 2 atom stereocenters. The maximum absolute atomic E-state index is 13.4. The van der Waals surface area contributed by atoms with Gasteiger partial charge in [-0.1, -0.05) is 45.2 Å². The summed E-state index contributed by atoms with van der Waals surface area (Å²) in [5.41, 5.74) is 7.25. The third-order valence-electron chi connectivity index (χ3n) is 3.55. The van der Waals surface area contributed by atoms with Gasteiger partial charge in [0, 0.05) is 6.04 Å². The quantitative estimate of drug-likeness (QED) is 0.777. The Bertz CT molecular complexity index is 368. The van der Waals surface area contributed by atoms with Gasteiger partial charge in [0.05, 0.1) is 4.47 Å². The van der Waals surface area contributed by atoms with E-state index in [1.165, 1.54) is 25.3 Å². The molecular weight excluding hydrogens is 293 g/mol. The molecule has 0 bridgehead atoms. The van der Waals surface area contributed by atoms with Gasteiger partial charge in [0.1, 0.15) is 5.82 Å². The van der Waals surface area contributed by atoms with E-state index in [0.29, 0.717) is 10.4 Å².